The fourth-order valence-corrected chi connectivity index (χ4v) is 7.50. The highest BCUT2D eigenvalue weighted by Crippen LogP contribution is 2.40. The van der Waals surface area contributed by atoms with Gasteiger partial charge >= 0.3 is 0 Å². The molecule has 0 aliphatic carbocycles. The van der Waals surface area contributed by atoms with Crippen molar-refractivity contribution in [2.75, 3.05) is 0 Å². The minimum atomic E-state index is 1.18. The van der Waals surface area contributed by atoms with Crippen LogP contribution in [-0.4, -0.2) is 13.5 Å². The van der Waals surface area contributed by atoms with Gasteiger partial charge in [0.25, 0.3) is 0 Å². The summed E-state index contributed by atoms with van der Waals surface area (Å²) in [6, 6.07) is 57.3. The minimum absolute atomic E-state index is 1.18. The minimum Gasteiger partial charge on any atom is -0.314 e. The van der Waals surface area contributed by atoms with Gasteiger partial charge in [-0.2, -0.15) is 0 Å². The van der Waals surface area contributed by atoms with E-state index in [0.717, 1.165) is 0 Å². The maximum atomic E-state index is 2.46. The summed E-state index contributed by atoms with van der Waals surface area (Å²) in [6.45, 7) is 0. The van der Waals surface area contributed by atoms with Crippen molar-refractivity contribution in [3.05, 3.63) is 164 Å². The first-order valence-corrected chi connectivity index (χ1v) is 15.5. The molecular formula is C42H27N3. The first-order chi connectivity index (χ1) is 22.3. The molecular weight excluding hydrogens is 546 g/mol. The fraction of sp³-hybridized carbons (Fsp3) is 0. The molecule has 3 heteroatoms. The number of nitrogens with zero attached hydrogens (tertiary/aromatic N) is 3. The van der Waals surface area contributed by atoms with Crippen LogP contribution in [0.4, 0.5) is 0 Å². The van der Waals surface area contributed by atoms with Gasteiger partial charge in [0.05, 0.1) is 38.8 Å². The Kier molecular flexibility index (Phi) is 5.00. The third-order valence-corrected chi connectivity index (χ3v) is 9.44. The largest absolute Gasteiger partial charge is 0.314 e. The van der Waals surface area contributed by atoms with Crippen molar-refractivity contribution >= 4 is 60.0 Å². The van der Waals surface area contributed by atoms with Gasteiger partial charge in [0, 0.05) is 38.8 Å². The Bertz CT molecular complexity index is 2700. The average Bonchev–Trinajstić information content (AvgIpc) is 3.73. The topological polar surface area (TPSA) is 14.3 Å². The lowest BCUT2D eigenvalue weighted by Crippen LogP contribution is -1.94. The van der Waals surface area contributed by atoms with Crippen molar-refractivity contribution < 1.29 is 0 Å². The molecule has 210 valence electrons. The number of fused-ring (bicyclic) bond motifs is 9. The van der Waals surface area contributed by atoms with Crippen LogP contribution >= 0.6 is 0 Å². The molecule has 0 radical (unpaired) electrons. The van der Waals surface area contributed by atoms with Crippen molar-refractivity contribution in [3.8, 4) is 22.5 Å². The second-order valence-corrected chi connectivity index (χ2v) is 11.8. The normalized spacial score (nSPS) is 12.0. The second-order valence-electron chi connectivity index (χ2n) is 11.8. The maximum absolute atomic E-state index is 2.46. The summed E-state index contributed by atoms with van der Waals surface area (Å²) >= 11 is 0. The van der Waals surface area contributed by atoms with Gasteiger partial charge in [0.15, 0.2) is 0 Å². The molecule has 0 saturated heterocycles. The number of pyridine rings is 1. The summed E-state index contributed by atoms with van der Waals surface area (Å²) in [5.41, 5.74) is 12.1. The monoisotopic (exact) mass is 573 g/mol. The van der Waals surface area contributed by atoms with Crippen LogP contribution in [0.3, 0.4) is 0 Å². The molecule has 10 aromatic rings. The van der Waals surface area contributed by atoms with Gasteiger partial charge in [-0.3, -0.25) is 0 Å². The Balaban J connectivity index is 1.23. The average molecular weight is 574 g/mol. The van der Waals surface area contributed by atoms with Crippen LogP contribution in [0.15, 0.2) is 164 Å². The Labute approximate surface area is 259 Å². The smallest absolute Gasteiger partial charge is 0.0796 e. The van der Waals surface area contributed by atoms with Gasteiger partial charge in [-0.25, -0.2) is 0 Å². The van der Waals surface area contributed by atoms with E-state index < -0.39 is 0 Å². The standard InChI is InChI=1S/C42H27N3/c1-2-12-30(13-3-1)44-37-18-8-4-14-31(37)34-26-28(21-23-39(34)44)29-22-24-40-35(27-29)32-15-5-9-19-38(32)45(40)42-33-16-6-7-17-36(33)43-25-11-10-20-41(42)43/h1-27H. The van der Waals surface area contributed by atoms with Crippen LogP contribution in [0.1, 0.15) is 0 Å². The number of hydrogen-bond donors (Lipinski definition) is 0. The van der Waals surface area contributed by atoms with Gasteiger partial charge in [0.2, 0.25) is 0 Å². The molecule has 0 saturated carbocycles. The van der Waals surface area contributed by atoms with Gasteiger partial charge in [-0.1, -0.05) is 91.0 Å². The van der Waals surface area contributed by atoms with E-state index in [0.29, 0.717) is 0 Å². The molecule has 0 atom stereocenters. The molecule has 10 rings (SSSR count). The molecule has 4 aromatic heterocycles. The Morgan fingerprint density at radius 3 is 1.49 bits per heavy atom. The summed E-state index contributed by atoms with van der Waals surface area (Å²) < 4.78 is 7.14. The molecule has 0 spiro atoms. The molecule has 0 bridgehead atoms. The lowest BCUT2D eigenvalue weighted by molar-refractivity contribution is 1.18. The van der Waals surface area contributed by atoms with Gasteiger partial charge in [-0.15, -0.1) is 0 Å². The highest BCUT2D eigenvalue weighted by molar-refractivity contribution is 6.14. The Hall–Kier alpha value is -6.06. The van der Waals surface area contributed by atoms with E-state index in [2.05, 4.69) is 177 Å². The molecule has 0 N–H and O–H groups in total. The first-order valence-electron chi connectivity index (χ1n) is 15.5. The summed E-state index contributed by atoms with van der Waals surface area (Å²) in [6.07, 6.45) is 2.16. The molecule has 0 aliphatic heterocycles. The Morgan fingerprint density at radius 2 is 0.800 bits per heavy atom. The zero-order chi connectivity index (χ0) is 29.5. The third kappa shape index (κ3) is 3.41. The molecule has 0 aliphatic rings. The van der Waals surface area contributed by atoms with Crippen LogP contribution < -0.4 is 0 Å². The van der Waals surface area contributed by atoms with Gasteiger partial charge < -0.3 is 13.5 Å². The number of rotatable bonds is 3. The van der Waals surface area contributed by atoms with Crippen LogP contribution in [0.25, 0.3) is 82.5 Å². The SMILES string of the molecule is c1ccc(-n2c3ccccc3c3cc(-c4ccc5c(c4)c4ccccc4n5-c4c5ccccc5n5ccccc45)ccc32)cc1. The van der Waals surface area contributed by atoms with Crippen molar-refractivity contribution in [1.82, 2.24) is 13.5 Å². The summed E-state index contributed by atoms with van der Waals surface area (Å²) in [5, 5.41) is 6.30. The summed E-state index contributed by atoms with van der Waals surface area (Å²) in [5.74, 6) is 0. The van der Waals surface area contributed by atoms with E-state index in [1.54, 1.807) is 0 Å². The fourth-order valence-electron chi connectivity index (χ4n) is 7.50. The predicted molar refractivity (Wildman–Crippen MR) is 189 cm³/mol. The number of aromatic nitrogens is 3. The van der Waals surface area contributed by atoms with Crippen LogP contribution in [0, 0.1) is 0 Å². The highest BCUT2D eigenvalue weighted by Gasteiger charge is 2.19. The van der Waals surface area contributed by atoms with E-state index in [-0.39, 0.29) is 0 Å². The number of para-hydroxylation sites is 4. The predicted octanol–water partition coefficient (Wildman–Crippen LogP) is 11.0. The van der Waals surface area contributed by atoms with Crippen LogP contribution in [0.5, 0.6) is 0 Å². The van der Waals surface area contributed by atoms with E-state index in [1.165, 1.54) is 82.5 Å². The van der Waals surface area contributed by atoms with Crippen molar-refractivity contribution in [1.29, 1.82) is 0 Å². The lowest BCUT2D eigenvalue weighted by Gasteiger charge is -2.09. The lowest BCUT2D eigenvalue weighted by atomic mass is 10.0. The highest BCUT2D eigenvalue weighted by atomic mass is 15.0. The van der Waals surface area contributed by atoms with E-state index in [4.69, 9.17) is 0 Å². The quantitative estimate of drug-likeness (QED) is 0.200. The molecule has 45 heavy (non-hydrogen) atoms. The number of hydrogen-bond acceptors (Lipinski definition) is 0. The molecule has 0 unspecified atom stereocenters. The zero-order valence-electron chi connectivity index (χ0n) is 24.4. The molecule has 6 aromatic carbocycles. The van der Waals surface area contributed by atoms with E-state index in [9.17, 15) is 0 Å². The Morgan fingerprint density at radius 1 is 0.311 bits per heavy atom. The molecule has 4 heterocycles. The molecule has 3 nitrogen and oxygen atoms in total. The van der Waals surface area contributed by atoms with Crippen molar-refractivity contribution in [2.24, 2.45) is 0 Å². The van der Waals surface area contributed by atoms with Crippen molar-refractivity contribution in [3.63, 3.8) is 0 Å². The molecule has 0 fully saturated rings. The van der Waals surface area contributed by atoms with Crippen LogP contribution in [0.2, 0.25) is 0 Å². The maximum Gasteiger partial charge on any atom is 0.0796 e. The van der Waals surface area contributed by atoms with E-state index >= 15 is 0 Å². The molecule has 0 amide bonds. The second kappa shape index (κ2) is 9.22. The van der Waals surface area contributed by atoms with Crippen LogP contribution in [-0.2, 0) is 0 Å². The van der Waals surface area contributed by atoms with Gasteiger partial charge in [-0.05, 0) is 77.9 Å². The summed E-state index contributed by atoms with van der Waals surface area (Å²) in [7, 11) is 0. The zero-order valence-corrected chi connectivity index (χ0v) is 24.4. The first kappa shape index (κ1) is 24.4. The number of benzene rings is 6. The van der Waals surface area contributed by atoms with Gasteiger partial charge in [0.1, 0.15) is 0 Å². The van der Waals surface area contributed by atoms with Crippen molar-refractivity contribution in [2.45, 2.75) is 0 Å². The summed E-state index contributed by atoms with van der Waals surface area (Å²) in [4.78, 5) is 0. The third-order valence-electron chi connectivity index (χ3n) is 9.44. The van der Waals surface area contributed by atoms with E-state index in [1.807, 2.05) is 0 Å².